The van der Waals surface area contributed by atoms with Crippen molar-refractivity contribution in [2.45, 2.75) is 30.5 Å². The van der Waals surface area contributed by atoms with E-state index in [1.165, 1.54) is 0 Å². The van der Waals surface area contributed by atoms with Crippen LogP contribution in [0.4, 0.5) is 0 Å². The van der Waals surface area contributed by atoms with Crippen molar-refractivity contribution in [3.63, 3.8) is 0 Å². The molecule has 0 aromatic rings. The molecule has 7 nitrogen and oxygen atoms in total. The van der Waals surface area contributed by atoms with Crippen molar-refractivity contribution >= 4 is 10.8 Å². The van der Waals surface area contributed by atoms with Crippen molar-refractivity contribution in [3.05, 3.63) is 10.1 Å². The van der Waals surface area contributed by atoms with Gasteiger partial charge in [-0.05, 0) is 0 Å². The average Bonchev–Trinajstić information content (AvgIpc) is 2.79. The van der Waals surface area contributed by atoms with Crippen LogP contribution in [0.25, 0.3) is 0 Å². The SMILES string of the molecule is CCS(=O)C1COC2C(O[N+](=O)[O-])COC21. The summed E-state index contributed by atoms with van der Waals surface area (Å²) in [6, 6.07) is 0. The van der Waals surface area contributed by atoms with E-state index in [4.69, 9.17) is 9.47 Å². The zero-order chi connectivity index (χ0) is 11.7. The summed E-state index contributed by atoms with van der Waals surface area (Å²) in [5, 5.41) is 9.19. The van der Waals surface area contributed by atoms with Gasteiger partial charge < -0.3 is 14.3 Å². The van der Waals surface area contributed by atoms with E-state index in [9.17, 15) is 14.3 Å². The Bertz CT molecular complexity index is 311. The first-order valence-corrected chi connectivity index (χ1v) is 6.43. The molecule has 0 amide bonds. The molecule has 2 heterocycles. The van der Waals surface area contributed by atoms with Crippen LogP contribution in [0.5, 0.6) is 0 Å². The molecular formula is C8H13NO6S. The summed E-state index contributed by atoms with van der Waals surface area (Å²) in [6.45, 7) is 2.25. The average molecular weight is 251 g/mol. The third-order valence-corrected chi connectivity index (χ3v) is 4.45. The molecule has 5 unspecified atom stereocenters. The first kappa shape index (κ1) is 11.7. The molecule has 2 rings (SSSR count). The maximum absolute atomic E-state index is 11.7. The maximum atomic E-state index is 11.7. The van der Waals surface area contributed by atoms with E-state index < -0.39 is 28.1 Å². The Hall–Kier alpha value is -0.730. The molecule has 2 aliphatic heterocycles. The molecule has 2 saturated heterocycles. The number of fused-ring (bicyclic) bond motifs is 1. The second-order valence-electron chi connectivity index (χ2n) is 3.67. The summed E-state index contributed by atoms with van der Waals surface area (Å²) in [5.74, 6) is 0.529. The number of hydrogen-bond acceptors (Lipinski definition) is 6. The van der Waals surface area contributed by atoms with E-state index in [1.807, 2.05) is 6.92 Å². The van der Waals surface area contributed by atoms with Gasteiger partial charge in [-0.15, -0.1) is 10.1 Å². The van der Waals surface area contributed by atoms with Crippen molar-refractivity contribution in [1.82, 2.24) is 0 Å². The van der Waals surface area contributed by atoms with Crippen LogP contribution in [0.15, 0.2) is 0 Å². The maximum Gasteiger partial charge on any atom is 0.294 e. The molecule has 0 spiro atoms. The van der Waals surface area contributed by atoms with Crippen molar-refractivity contribution in [2.24, 2.45) is 0 Å². The summed E-state index contributed by atoms with van der Waals surface area (Å²) >= 11 is 0. The van der Waals surface area contributed by atoms with Gasteiger partial charge in [-0.25, -0.2) is 0 Å². The van der Waals surface area contributed by atoms with Crippen LogP contribution in [0.3, 0.4) is 0 Å². The summed E-state index contributed by atoms with van der Waals surface area (Å²) in [7, 11) is -1.02. The van der Waals surface area contributed by atoms with Gasteiger partial charge in [0.25, 0.3) is 5.09 Å². The van der Waals surface area contributed by atoms with Crippen molar-refractivity contribution in [3.8, 4) is 0 Å². The summed E-state index contributed by atoms with van der Waals surface area (Å²) < 4.78 is 22.4. The molecule has 0 aromatic heterocycles. The van der Waals surface area contributed by atoms with E-state index in [-0.39, 0.29) is 18.0 Å². The first-order chi connectivity index (χ1) is 7.63. The standard InChI is InChI=1S/C8H13NO6S/c1-2-16(12)6-4-14-7-5(15-9(10)11)3-13-8(6)7/h5-8H,2-4H2,1H3. The minimum Gasteiger partial charge on any atom is -0.372 e. The predicted octanol–water partition coefficient (Wildman–Crippen LogP) is -0.502. The van der Waals surface area contributed by atoms with Gasteiger partial charge in [-0.2, -0.15) is 0 Å². The molecule has 0 bridgehead atoms. The molecule has 2 fully saturated rings. The van der Waals surface area contributed by atoms with Gasteiger partial charge in [0, 0.05) is 16.6 Å². The first-order valence-electron chi connectivity index (χ1n) is 5.05. The van der Waals surface area contributed by atoms with Gasteiger partial charge >= 0.3 is 0 Å². The monoisotopic (exact) mass is 251 g/mol. The smallest absolute Gasteiger partial charge is 0.294 e. The molecule has 16 heavy (non-hydrogen) atoms. The zero-order valence-corrected chi connectivity index (χ0v) is 9.55. The van der Waals surface area contributed by atoms with E-state index in [0.717, 1.165) is 0 Å². The van der Waals surface area contributed by atoms with Crippen molar-refractivity contribution in [2.75, 3.05) is 19.0 Å². The van der Waals surface area contributed by atoms with E-state index in [0.29, 0.717) is 12.4 Å². The fourth-order valence-electron chi connectivity index (χ4n) is 2.07. The highest BCUT2D eigenvalue weighted by atomic mass is 32.2. The normalized spacial score (nSPS) is 39.3. The summed E-state index contributed by atoms with van der Waals surface area (Å²) in [5.41, 5.74) is 0. The van der Waals surface area contributed by atoms with E-state index in [1.54, 1.807) is 0 Å². The van der Waals surface area contributed by atoms with Crippen molar-refractivity contribution in [1.29, 1.82) is 0 Å². The molecule has 2 aliphatic rings. The highest BCUT2D eigenvalue weighted by molar-refractivity contribution is 7.85. The van der Waals surface area contributed by atoms with Gasteiger partial charge in [0.2, 0.25) is 0 Å². The Kier molecular flexibility index (Phi) is 3.41. The Morgan fingerprint density at radius 1 is 1.44 bits per heavy atom. The van der Waals surface area contributed by atoms with Crippen LogP contribution >= 0.6 is 0 Å². The van der Waals surface area contributed by atoms with Crippen LogP contribution in [0, 0.1) is 10.1 Å². The number of nitrogens with zero attached hydrogens (tertiary/aromatic N) is 1. The van der Waals surface area contributed by atoms with Gasteiger partial charge in [-0.3, -0.25) is 4.21 Å². The Morgan fingerprint density at radius 2 is 2.12 bits per heavy atom. The van der Waals surface area contributed by atoms with Gasteiger partial charge in [0.15, 0.2) is 6.10 Å². The van der Waals surface area contributed by atoms with E-state index in [2.05, 4.69) is 4.84 Å². The third kappa shape index (κ3) is 2.04. The molecule has 0 radical (unpaired) electrons. The lowest BCUT2D eigenvalue weighted by molar-refractivity contribution is -0.769. The number of ether oxygens (including phenoxy) is 2. The number of rotatable bonds is 4. The summed E-state index contributed by atoms with van der Waals surface area (Å²) in [4.78, 5) is 14.7. The fourth-order valence-corrected chi connectivity index (χ4v) is 3.26. The van der Waals surface area contributed by atoms with Crippen LogP contribution < -0.4 is 0 Å². The Balaban J connectivity index is 2.00. The minimum absolute atomic E-state index is 0.119. The molecule has 0 aliphatic carbocycles. The lowest BCUT2D eigenvalue weighted by atomic mass is 10.1. The molecule has 0 N–H and O–H groups in total. The van der Waals surface area contributed by atoms with Crippen LogP contribution in [0.2, 0.25) is 0 Å². The molecule has 0 saturated carbocycles. The van der Waals surface area contributed by atoms with Gasteiger partial charge in [-0.1, -0.05) is 6.92 Å². The predicted molar refractivity (Wildman–Crippen MR) is 53.8 cm³/mol. The van der Waals surface area contributed by atoms with E-state index >= 15 is 0 Å². The molecule has 8 heteroatoms. The van der Waals surface area contributed by atoms with Crippen LogP contribution in [-0.2, 0) is 25.1 Å². The van der Waals surface area contributed by atoms with Gasteiger partial charge in [0.05, 0.1) is 18.5 Å². The molecule has 92 valence electrons. The minimum atomic E-state index is -1.02. The molecule has 5 atom stereocenters. The Morgan fingerprint density at radius 3 is 2.75 bits per heavy atom. The van der Waals surface area contributed by atoms with Crippen LogP contribution in [-0.4, -0.2) is 51.8 Å². The van der Waals surface area contributed by atoms with Crippen LogP contribution in [0.1, 0.15) is 6.92 Å². The Labute approximate surface area is 94.6 Å². The molecule has 0 aromatic carbocycles. The lowest BCUT2D eigenvalue weighted by Gasteiger charge is -2.14. The third-order valence-electron chi connectivity index (χ3n) is 2.81. The largest absolute Gasteiger partial charge is 0.372 e. The second kappa shape index (κ2) is 4.64. The highest BCUT2D eigenvalue weighted by Gasteiger charge is 2.51. The highest BCUT2D eigenvalue weighted by Crippen LogP contribution is 2.31. The number of hydrogen-bond donors (Lipinski definition) is 0. The summed E-state index contributed by atoms with van der Waals surface area (Å²) in [6.07, 6.45) is -1.50. The second-order valence-corrected chi connectivity index (χ2v) is 5.62. The van der Waals surface area contributed by atoms with Crippen molar-refractivity contribution < 1.29 is 23.6 Å². The van der Waals surface area contributed by atoms with Gasteiger partial charge in [0.1, 0.15) is 12.2 Å². The lowest BCUT2D eigenvalue weighted by Crippen LogP contribution is -2.35. The fraction of sp³-hybridized carbons (Fsp3) is 1.00. The molecular weight excluding hydrogens is 238 g/mol. The quantitative estimate of drug-likeness (QED) is 0.494. The topological polar surface area (TPSA) is 87.9 Å². The zero-order valence-electron chi connectivity index (χ0n) is 8.74.